The Bertz CT molecular complexity index is 2830. The van der Waals surface area contributed by atoms with Crippen molar-refractivity contribution in [2.75, 3.05) is 32.8 Å². The van der Waals surface area contributed by atoms with Gasteiger partial charge >= 0.3 is 5.97 Å². The Morgan fingerprint density at radius 1 is 0.775 bits per heavy atom. The van der Waals surface area contributed by atoms with Crippen LogP contribution in [0.15, 0.2) is 152 Å². The number of imidazole rings is 1. The van der Waals surface area contributed by atoms with Gasteiger partial charge in [-0.3, -0.25) is 9.36 Å². The molecule has 0 aliphatic carbocycles. The van der Waals surface area contributed by atoms with Gasteiger partial charge in [0.05, 0.1) is 51.8 Å². The van der Waals surface area contributed by atoms with Crippen LogP contribution in [0.25, 0.3) is 11.2 Å². The van der Waals surface area contributed by atoms with Gasteiger partial charge in [0.1, 0.15) is 35.6 Å². The lowest BCUT2D eigenvalue weighted by molar-refractivity contribution is -0.234. The fraction of sp³-hybridized carbons (Fsp3) is 0.296. The number of hydrogen-bond acceptors (Lipinski definition) is 14. The Morgan fingerprint density at radius 3 is 1.90 bits per heavy atom. The molecular formula is C54H56N7O9P. The Morgan fingerprint density at radius 2 is 1.34 bits per heavy atom. The molecule has 1 N–H and O–H groups in total. The number of ether oxygens (including phenoxy) is 5. The number of carbonyl (C=O) groups excluding carboxylic acids is 2. The molecule has 1 aliphatic rings. The maximum absolute atomic E-state index is 14.6. The van der Waals surface area contributed by atoms with E-state index in [-0.39, 0.29) is 54.3 Å². The molecule has 366 valence electrons. The minimum absolute atomic E-state index is 0.0665. The molecule has 5 aromatic carbocycles. The minimum Gasteiger partial charge on any atom is -0.497 e. The largest absolute Gasteiger partial charge is 0.497 e. The van der Waals surface area contributed by atoms with Crippen LogP contribution in [0, 0.1) is 11.3 Å². The van der Waals surface area contributed by atoms with Crippen LogP contribution in [0.2, 0.25) is 0 Å². The SMILES string of the molecule is COc1ccc(C(O[C@@H]2CO[C@@H](n3cnc4c(NC(=O)c5ccccc5)ncnc43)[C@H](OC(=O)c3ccccc3)[C@@H]2OP(OCCC#N)N(C(C)C)C(C)C)(c2ccccc2)c2ccc(OC)cc2)cc1. The molecule has 16 nitrogen and oxygen atoms in total. The molecule has 1 unspecified atom stereocenters. The molecule has 3 heterocycles. The number of nitrogens with zero attached hydrogens (tertiary/aromatic N) is 6. The van der Waals surface area contributed by atoms with E-state index in [2.05, 4.69) is 26.0 Å². The summed E-state index contributed by atoms with van der Waals surface area (Å²) in [5, 5.41) is 12.6. The topological polar surface area (TPSA) is 181 Å². The summed E-state index contributed by atoms with van der Waals surface area (Å²) in [6.07, 6.45) is -1.72. The van der Waals surface area contributed by atoms with E-state index in [1.807, 2.05) is 119 Å². The standard InChI is InChI=1S/C54H56N7O9P/c1-36(2)61(37(3)4)71(67-32-16-31-55)70-47-45(69-54(40-21-14-9-15-22-40,41-23-27-43(64-5)28-24-41)42-25-29-44(65-6)30-26-42)33-66-52(48(47)68-53(63)39-19-12-8-13-20-39)60-35-58-46-49(56-34-57-50(46)60)59-51(62)38-17-10-7-11-18-38/h7-15,17-30,34-37,45,47-48,52H,16,32-33H2,1-6H3,(H,56,57,59,62)/t45-,47-,48-,52-,71?/m1/s1. The van der Waals surface area contributed by atoms with Gasteiger partial charge in [-0.1, -0.05) is 91.0 Å². The van der Waals surface area contributed by atoms with Crippen LogP contribution < -0.4 is 14.8 Å². The number of aromatic nitrogens is 4. The quantitative estimate of drug-likeness (QED) is 0.0330. The monoisotopic (exact) mass is 977 g/mol. The molecule has 7 aromatic rings. The van der Waals surface area contributed by atoms with Crippen LogP contribution in [-0.4, -0.2) is 93.9 Å². The van der Waals surface area contributed by atoms with Crippen molar-refractivity contribution in [1.82, 2.24) is 24.2 Å². The molecule has 2 aromatic heterocycles. The molecule has 1 aliphatic heterocycles. The zero-order valence-corrected chi connectivity index (χ0v) is 41.2. The second-order valence-electron chi connectivity index (χ2n) is 17.1. The van der Waals surface area contributed by atoms with Gasteiger partial charge < -0.3 is 38.0 Å². The number of benzene rings is 5. The first-order chi connectivity index (χ1) is 34.6. The van der Waals surface area contributed by atoms with Gasteiger partial charge in [-0.05, 0) is 92.9 Å². The Balaban J connectivity index is 1.33. The number of hydrogen-bond donors (Lipinski definition) is 1. The highest BCUT2D eigenvalue weighted by Crippen LogP contribution is 2.52. The van der Waals surface area contributed by atoms with E-state index in [0.717, 1.165) is 16.7 Å². The van der Waals surface area contributed by atoms with E-state index < -0.39 is 50.5 Å². The number of esters is 1. The average molecular weight is 978 g/mol. The lowest BCUT2D eigenvalue weighted by atomic mass is 9.79. The zero-order valence-electron chi connectivity index (χ0n) is 40.3. The summed E-state index contributed by atoms with van der Waals surface area (Å²) in [4.78, 5) is 41.7. The molecule has 1 fully saturated rings. The van der Waals surface area contributed by atoms with E-state index in [4.69, 9.17) is 37.7 Å². The van der Waals surface area contributed by atoms with Gasteiger partial charge in [-0.25, -0.2) is 24.4 Å². The number of fused-ring (bicyclic) bond motifs is 1. The summed E-state index contributed by atoms with van der Waals surface area (Å²) in [6.45, 7) is 8.11. The van der Waals surface area contributed by atoms with Crippen LogP contribution in [0.4, 0.5) is 5.82 Å². The fourth-order valence-electron chi connectivity index (χ4n) is 8.67. The maximum Gasteiger partial charge on any atom is 0.338 e. The van der Waals surface area contributed by atoms with Crippen LogP contribution in [0.5, 0.6) is 11.5 Å². The van der Waals surface area contributed by atoms with E-state index >= 15 is 0 Å². The van der Waals surface area contributed by atoms with E-state index in [1.165, 1.54) is 12.7 Å². The lowest BCUT2D eigenvalue weighted by Crippen LogP contribution is -2.57. The summed E-state index contributed by atoms with van der Waals surface area (Å²) >= 11 is 0. The van der Waals surface area contributed by atoms with Crippen LogP contribution in [0.1, 0.15) is 77.8 Å². The van der Waals surface area contributed by atoms with Crippen molar-refractivity contribution in [3.05, 3.63) is 180 Å². The summed E-state index contributed by atoms with van der Waals surface area (Å²) in [6, 6.07) is 44.5. The van der Waals surface area contributed by atoms with E-state index in [0.29, 0.717) is 17.1 Å². The Hall–Kier alpha value is -7.09. The van der Waals surface area contributed by atoms with Crippen LogP contribution in [0.3, 0.4) is 0 Å². The summed E-state index contributed by atoms with van der Waals surface area (Å²) in [5.41, 5.74) is 2.13. The van der Waals surface area contributed by atoms with Crippen molar-refractivity contribution in [3.8, 4) is 17.6 Å². The van der Waals surface area contributed by atoms with Gasteiger partial charge in [0, 0.05) is 17.6 Å². The second kappa shape index (κ2) is 23.2. The van der Waals surface area contributed by atoms with Crippen molar-refractivity contribution in [1.29, 1.82) is 5.26 Å². The molecule has 1 saturated heterocycles. The summed E-state index contributed by atoms with van der Waals surface area (Å²) in [7, 11) is 1.21. The third-order valence-electron chi connectivity index (χ3n) is 11.9. The first kappa shape index (κ1) is 50.3. The highest BCUT2D eigenvalue weighted by Gasteiger charge is 2.52. The normalized spacial score (nSPS) is 17.5. The van der Waals surface area contributed by atoms with E-state index in [9.17, 15) is 14.9 Å². The molecule has 0 saturated carbocycles. The molecule has 0 spiro atoms. The van der Waals surface area contributed by atoms with E-state index in [1.54, 1.807) is 67.3 Å². The third kappa shape index (κ3) is 11.1. The highest BCUT2D eigenvalue weighted by atomic mass is 31.2. The number of methoxy groups -OCH3 is 2. The molecule has 17 heteroatoms. The van der Waals surface area contributed by atoms with Gasteiger partial charge in [0.15, 0.2) is 29.3 Å². The Labute approximate surface area is 414 Å². The van der Waals surface area contributed by atoms with Crippen molar-refractivity contribution in [2.45, 2.75) is 76.3 Å². The highest BCUT2D eigenvalue weighted by molar-refractivity contribution is 7.44. The molecule has 8 rings (SSSR count). The van der Waals surface area contributed by atoms with Gasteiger partial charge in [0.25, 0.3) is 14.4 Å². The van der Waals surface area contributed by atoms with Crippen LogP contribution >= 0.6 is 8.53 Å². The molecule has 0 bridgehead atoms. The first-order valence-electron chi connectivity index (χ1n) is 23.2. The number of rotatable bonds is 20. The van der Waals surface area contributed by atoms with Crippen molar-refractivity contribution in [2.24, 2.45) is 0 Å². The lowest BCUT2D eigenvalue weighted by Gasteiger charge is -2.48. The zero-order chi connectivity index (χ0) is 49.9. The number of anilines is 1. The van der Waals surface area contributed by atoms with Gasteiger partial charge in [0.2, 0.25) is 0 Å². The number of nitrogens with one attached hydrogen (secondary N) is 1. The van der Waals surface area contributed by atoms with Crippen molar-refractivity contribution >= 4 is 37.4 Å². The number of nitriles is 1. The number of carbonyl (C=O) groups is 2. The second-order valence-corrected chi connectivity index (χ2v) is 18.5. The van der Waals surface area contributed by atoms with Gasteiger partial charge in [-0.2, -0.15) is 5.26 Å². The van der Waals surface area contributed by atoms with Crippen LogP contribution in [-0.2, 0) is 28.9 Å². The summed E-state index contributed by atoms with van der Waals surface area (Å²) < 4.78 is 50.4. The minimum atomic E-state index is -2.01. The fourth-order valence-corrected chi connectivity index (χ4v) is 10.4. The van der Waals surface area contributed by atoms with Gasteiger partial charge in [-0.15, -0.1) is 0 Å². The Kier molecular flexibility index (Phi) is 16.4. The smallest absolute Gasteiger partial charge is 0.338 e. The predicted molar refractivity (Wildman–Crippen MR) is 268 cm³/mol. The maximum atomic E-state index is 14.6. The molecule has 71 heavy (non-hydrogen) atoms. The average Bonchev–Trinajstić information content (AvgIpc) is 3.84. The molecule has 5 atom stereocenters. The predicted octanol–water partition coefficient (Wildman–Crippen LogP) is 9.89. The number of amides is 1. The molecule has 1 amide bonds. The van der Waals surface area contributed by atoms with Crippen molar-refractivity contribution in [3.63, 3.8) is 0 Å². The molecular weight excluding hydrogens is 922 g/mol. The third-order valence-corrected chi connectivity index (χ3v) is 14.1. The molecule has 0 radical (unpaired) electrons. The van der Waals surface area contributed by atoms with Crippen molar-refractivity contribution < 1.29 is 42.3 Å². The summed E-state index contributed by atoms with van der Waals surface area (Å²) in [5.74, 6) is 0.399. The first-order valence-corrected chi connectivity index (χ1v) is 24.4.